The quantitative estimate of drug-likeness (QED) is 0.770. The normalized spacial score (nSPS) is 10.4. The van der Waals surface area contributed by atoms with Gasteiger partial charge in [-0.25, -0.2) is 4.39 Å². The average molecular weight is 195 g/mol. The number of amides is 1. The first-order valence-corrected chi connectivity index (χ1v) is 4.57. The molecule has 3 heteroatoms. The van der Waals surface area contributed by atoms with E-state index in [1.165, 1.54) is 12.1 Å². The molecule has 0 aliphatic rings. The maximum Gasteiger partial charge on any atom is 0.251 e. The van der Waals surface area contributed by atoms with Crippen LogP contribution in [0.25, 0.3) is 0 Å². The van der Waals surface area contributed by atoms with Crippen LogP contribution in [0, 0.1) is 12.7 Å². The number of carbonyl (C=O) groups excluding carboxylic acids is 1. The lowest BCUT2D eigenvalue weighted by molar-refractivity contribution is 0.0942. The Bertz CT molecular complexity index is 327. The standard InChI is InChI=1S/C11H14FNO/c1-7(2)13-11(14)9-4-8(3)5-10(12)6-9/h4-7H,1-3H3,(H,13,14). The molecule has 1 amide bonds. The molecular formula is C11H14FNO. The average Bonchev–Trinajstić information content (AvgIpc) is 2.00. The molecule has 0 unspecified atom stereocenters. The zero-order valence-electron chi connectivity index (χ0n) is 8.60. The van der Waals surface area contributed by atoms with Crippen molar-refractivity contribution in [2.75, 3.05) is 0 Å². The number of hydrogen-bond donors (Lipinski definition) is 1. The molecule has 1 N–H and O–H groups in total. The summed E-state index contributed by atoms with van der Waals surface area (Å²) in [7, 11) is 0. The summed E-state index contributed by atoms with van der Waals surface area (Å²) in [4.78, 5) is 11.5. The fourth-order valence-corrected chi connectivity index (χ4v) is 1.21. The molecule has 1 rings (SSSR count). The van der Waals surface area contributed by atoms with Crippen LogP contribution in [0.1, 0.15) is 29.8 Å². The summed E-state index contributed by atoms with van der Waals surface area (Å²) in [6.07, 6.45) is 0. The first-order chi connectivity index (χ1) is 6.49. The molecule has 0 atom stereocenters. The van der Waals surface area contributed by atoms with Crippen molar-refractivity contribution in [1.29, 1.82) is 0 Å². The maximum absolute atomic E-state index is 12.9. The Morgan fingerprint density at radius 1 is 1.36 bits per heavy atom. The van der Waals surface area contributed by atoms with Gasteiger partial charge in [-0.15, -0.1) is 0 Å². The lowest BCUT2D eigenvalue weighted by Gasteiger charge is -2.08. The van der Waals surface area contributed by atoms with E-state index in [9.17, 15) is 9.18 Å². The predicted octanol–water partition coefficient (Wildman–Crippen LogP) is 2.27. The van der Waals surface area contributed by atoms with Gasteiger partial charge in [0.25, 0.3) is 5.91 Å². The van der Waals surface area contributed by atoms with Gasteiger partial charge in [0, 0.05) is 11.6 Å². The third kappa shape index (κ3) is 2.83. The van der Waals surface area contributed by atoms with Gasteiger partial charge in [0.15, 0.2) is 0 Å². The van der Waals surface area contributed by atoms with E-state index in [2.05, 4.69) is 5.32 Å². The molecule has 0 bridgehead atoms. The summed E-state index contributed by atoms with van der Waals surface area (Å²) < 4.78 is 12.9. The van der Waals surface area contributed by atoms with E-state index in [-0.39, 0.29) is 17.8 Å². The second-order valence-corrected chi connectivity index (χ2v) is 3.65. The molecule has 2 nitrogen and oxygen atoms in total. The minimum absolute atomic E-state index is 0.0612. The van der Waals surface area contributed by atoms with Crippen molar-refractivity contribution in [3.63, 3.8) is 0 Å². The molecule has 0 saturated carbocycles. The monoisotopic (exact) mass is 195 g/mol. The summed E-state index contributed by atoms with van der Waals surface area (Å²) in [5.41, 5.74) is 1.12. The smallest absolute Gasteiger partial charge is 0.251 e. The van der Waals surface area contributed by atoms with E-state index in [1.807, 2.05) is 13.8 Å². The molecule has 0 aromatic heterocycles. The van der Waals surface area contributed by atoms with Crippen molar-refractivity contribution in [2.24, 2.45) is 0 Å². The number of hydrogen-bond acceptors (Lipinski definition) is 1. The van der Waals surface area contributed by atoms with Crippen molar-refractivity contribution in [3.8, 4) is 0 Å². The zero-order chi connectivity index (χ0) is 10.7. The van der Waals surface area contributed by atoms with Gasteiger partial charge in [-0.3, -0.25) is 4.79 Å². The first kappa shape index (κ1) is 10.7. The predicted molar refractivity (Wildman–Crippen MR) is 53.7 cm³/mol. The highest BCUT2D eigenvalue weighted by Gasteiger charge is 2.08. The molecule has 0 aliphatic carbocycles. The highest BCUT2D eigenvalue weighted by Crippen LogP contribution is 2.08. The zero-order valence-corrected chi connectivity index (χ0v) is 8.60. The Morgan fingerprint density at radius 3 is 2.50 bits per heavy atom. The van der Waals surface area contributed by atoms with Gasteiger partial charge in [0.05, 0.1) is 0 Å². The number of nitrogens with one attached hydrogen (secondary N) is 1. The maximum atomic E-state index is 12.9. The number of halogens is 1. The molecule has 0 radical (unpaired) electrons. The van der Waals surface area contributed by atoms with Crippen molar-refractivity contribution >= 4 is 5.91 Å². The fourth-order valence-electron chi connectivity index (χ4n) is 1.21. The summed E-state index contributed by atoms with van der Waals surface area (Å²) in [5, 5.41) is 2.71. The lowest BCUT2D eigenvalue weighted by atomic mass is 10.1. The van der Waals surface area contributed by atoms with Crippen molar-refractivity contribution in [1.82, 2.24) is 5.32 Å². The highest BCUT2D eigenvalue weighted by atomic mass is 19.1. The summed E-state index contributed by atoms with van der Waals surface area (Å²) in [6.45, 7) is 5.49. The Kier molecular flexibility index (Phi) is 3.23. The number of carbonyl (C=O) groups is 1. The van der Waals surface area contributed by atoms with Crippen LogP contribution in [-0.2, 0) is 0 Å². The van der Waals surface area contributed by atoms with E-state index in [1.54, 1.807) is 13.0 Å². The van der Waals surface area contributed by atoms with Gasteiger partial charge in [0.1, 0.15) is 5.82 Å². The van der Waals surface area contributed by atoms with Crippen LogP contribution in [0.3, 0.4) is 0 Å². The third-order valence-electron chi connectivity index (χ3n) is 1.72. The van der Waals surface area contributed by atoms with Gasteiger partial charge in [-0.2, -0.15) is 0 Å². The second-order valence-electron chi connectivity index (χ2n) is 3.65. The first-order valence-electron chi connectivity index (χ1n) is 4.57. The van der Waals surface area contributed by atoms with Gasteiger partial charge < -0.3 is 5.32 Å². The van der Waals surface area contributed by atoms with Crippen LogP contribution >= 0.6 is 0 Å². The Morgan fingerprint density at radius 2 is 2.00 bits per heavy atom. The Balaban J connectivity index is 2.90. The summed E-state index contributed by atoms with van der Waals surface area (Å²) in [6, 6.07) is 4.36. The summed E-state index contributed by atoms with van der Waals surface area (Å²) in [5.74, 6) is -0.610. The Hall–Kier alpha value is -1.38. The van der Waals surface area contributed by atoms with Crippen molar-refractivity contribution < 1.29 is 9.18 Å². The molecule has 0 heterocycles. The lowest BCUT2D eigenvalue weighted by Crippen LogP contribution is -2.30. The van der Waals surface area contributed by atoms with E-state index >= 15 is 0 Å². The van der Waals surface area contributed by atoms with Gasteiger partial charge in [-0.1, -0.05) is 0 Å². The number of aryl methyl sites for hydroxylation is 1. The fraction of sp³-hybridized carbons (Fsp3) is 0.364. The van der Waals surface area contributed by atoms with Crippen LogP contribution in [0.5, 0.6) is 0 Å². The van der Waals surface area contributed by atoms with Gasteiger partial charge in [0.2, 0.25) is 0 Å². The minimum atomic E-state index is -0.376. The topological polar surface area (TPSA) is 29.1 Å². The van der Waals surface area contributed by atoms with Crippen molar-refractivity contribution in [2.45, 2.75) is 26.8 Å². The minimum Gasteiger partial charge on any atom is -0.350 e. The molecule has 14 heavy (non-hydrogen) atoms. The van der Waals surface area contributed by atoms with E-state index in [0.29, 0.717) is 5.56 Å². The second kappa shape index (κ2) is 4.22. The van der Waals surface area contributed by atoms with Gasteiger partial charge >= 0.3 is 0 Å². The Labute approximate surface area is 83.1 Å². The van der Waals surface area contributed by atoms with Crippen LogP contribution in [0.4, 0.5) is 4.39 Å². The number of rotatable bonds is 2. The van der Waals surface area contributed by atoms with E-state index in [4.69, 9.17) is 0 Å². The molecule has 1 aromatic carbocycles. The van der Waals surface area contributed by atoms with Crippen LogP contribution in [-0.4, -0.2) is 11.9 Å². The molecule has 0 saturated heterocycles. The molecule has 0 aliphatic heterocycles. The SMILES string of the molecule is Cc1cc(F)cc(C(=O)NC(C)C)c1. The highest BCUT2D eigenvalue weighted by molar-refractivity contribution is 5.94. The molecular weight excluding hydrogens is 181 g/mol. The van der Waals surface area contributed by atoms with E-state index < -0.39 is 0 Å². The molecule has 1 aromatic rings. The number of benzene rings is 1. The van der Waals surface area contributed by atoms with E-state index in [0.717, 1.165) is 5.56 Å². The van der Waals surface area contributed by atoms with Gasteiger partial charge in [-0.05, 0) is 44.5 Å². The molecule has 76 valence electrons. The largest absolute Gasteiger partial charge is 0.350 e. The van der Waals surface area contributed by atoms with Crippen LogP contribution < -0.4 is 5.32 Å². The summed E-state index contributed by atoms with van der Waals surface area (Å²) >= 11 is 0. The third-order valence-corrected chi connectivity index (χ3v) is 1.72. The molecule has 0 spiro atoms. The van der Waals surface area contributed by atoms with Crippen molar-refractivity contribution in [3.05, 3.63) is 35.1 Å². The molecule has 0 fully saturated rings. The van der Waals surface area contributed by atoms with Crippen LogP contribution in [0.15, 0.2) is 18.2 Å². The van der Waals surface area contributed by atoms with Crippen LogP contribution in [0.2, 0.25) is 0 Å².